The maximum atomic E-state index is 11.9. The number of aldehydes is 1. The summed E-state index contributed by atoms with van der Waals surface area (Å²) in [4.78, 5) is 22.1. The fraction of sp³-hybridized carbons (Fsp3) is 0.385. The monoisotopic (exact) mass is 267 g/mol. The van der Waals surface area contributed by atoms with Crippen molar-refractivity contribution in [2.45, 2.75) is 6.42 Å². The number of methoxy groups -OCH3 is 3. The van der Waals surface area contributed by atoms with Crippen LogP contribution in [-0.2, 0) is 4.79 Å². The predicted octanol–water partition coefficient (Wildman–Crippen LogP) is 1.03. The van der Waals surface area contributed by atoms with Crippen LogP contribution >= 0.6 is 0 Å². The zero-order valence-corrected chi connectivity index (χ0v) is 11.2. The number of benzene rings is 1. The van der Waals surface area contributed by atoms with E-state index in [9.17, 15) is 9.59 Å². The van der Waals surface area contributed by atoms with Crippen LogP contribution < -0.4 is 19.5 Å². The molecule has 0 heterocycles. The summed E-state index contributed by atoms with van der Waals surface area (Å²) in [5, 5.41) is 2.62. The van der Waals surface area contributed by atoms with Crippen LogP contribution in [0.15, 0.2) is 12.1 Å². The van der Waals surface area contributed by atoms with Gasteiger partial charge in [-0.2, -0.15) is 0 Å². The average molecular weight is 267 g/mol. The minimum atomic E-state index is -0.305. The number of hydrogen-bond donors (Lipinski definition) is 1. The minimum Gasteiger partial charge on any atom is -0.493 e. The quantitative estimate of drug-likeness (QED) is 0.590. The Kier molecular flexibility index (Phi) is 5.66. The summed E-state index contributed by atoms with van der Waals surface area (Å²) in [6, 6.07) is 3.11. The van der Waals surface area contributed by atoms with E-state index >= 15 is 0 Å². The Hall–Kier alpha value is -2.24. The van der Waals surface area contributed by atoms with E-state index < -0.39 is 0 Å². The van der Waals surface area contributed by atoms with Gasteiger partial charge in [-0.15, -0.1) is 0 Å². The van der Waals surface area contributed by atoms with Gasteiger partial charge in [0.1, 0.15) is 6.29 Å². The molecule has 0 saturated carbocycles. The van der Waals surface area contributed by atoms with Crippen molar-refractivity contribution in [3.8, 4) is 17.2 Å². The molecule has 0 unspecified atom stereocenters. The molecule has 1 N–H and O–H groups in total. The number of ether oxygens (including phenoxy) is 3. The van der Waals surface area contributed by atoms with E-state index in [1.165, 1.54) is 21.3 Å². The number of carbonyl (C=O) groups excluding carboxylic acids is 2. The normalized spacial score (nSPS) is 9.63. The molecule has 104 valence electrons. The van der Waals surface area contributed by atoms with E-state index in [0.29, 0.717) is 29.4 Å². The molecule has 0 bridgehead atoms. The lowest BCUT2D eigenvalue weighted by atomic mass is 10.1. The van der Waals surface area contributed by atoms with Gasteiger partial charge in [-0.05, 0) is 12.1 Å². The van der Waals surface area contributed by atoms with Crippen molar-refractivity contribution in [1.29, 1.82) is 0 Å². The van der Waals surface area contributed by atoms with Crippen LogP contribution in [0.3, 0.4) is 0 Å². The molecule has 1 amide bonds. The topological polar surface area (TPSA) is 73.9 Å². The molecule has 1 aromatic carbocycles. The Morgan fingerprint density at radius 1 is 1.16 bits per heavy atom. The highest BCUT2D eigenvalue weighted by atomic mass is 16.5. The van der Waals surface area contributed by atoms with Gasteiger partial charge in [0.15, 0.2) is 11.5 Å². The summed E-state index contributed by atoms with van der Waals surface area (Å²) < 4.78 is 15.5. The Bertz CT molecular complexity index is 433. The van der Waals surface area contributed by atoms with Crippen molar-refractivity contribution >= 4 is 12.2 Å². The van der Waals surface area contributed by atoms with E-state index in [2.05, 4.69) is 5.32 Å². The number of amides is 1. The molecule has 0 aliphatic heterocycles. The van der Waals surface area contributed by atoms with Gasteiger partial charge in [0, 0.05) is 18.5 Å². The molecule has 0 aliphatic carbocycles. The van der Waals surface area contributed by atoms with Crippen LogP contribution in [0.4, 0.5) is 0 Å². The molecule has 6 heteroatoms. The van der Waals surface area contributed by atoms with Crippen molar-refractivity contribution in [3.63, 3.8) is 0 Å². The lowest BCUT2D eigenvalue weighted by Crippen LogP contribution is -2.24. The first-order chi connectivity index (χ1) is 9.17. The van der Waals surface area contributed by atoms with Gasteiger partial charge < -0.3 is 24.3 Å². The van der Waals surface area contributed by atoms with Crippen molar-refractivity contribution < 1.29 is 23.8 Å². The van der Waals surface area contributed by atoms with Gasteiger partial charge in [0.2, 0.25) is 5.75 Å². The minimum absolute atomic E-state index is 0.274. The Balaban J connectivity index is 3.01. The number of nitrogens with one attached hydrogen (secondary N) is 1. The molecule has 1 rings (SSSR count). The van der Waals surface area contributed by atoms with Crippen LogP contribution in [0.2, 0.25) is 0 Å². The summed E-state index contributed by atoms with van der Waals surface area (Å²) in [6.45, 7) is 0.291. The zero-order valence-electron chi connectivity index (χ0n) is 11.2. The molecule has 0 saturated heterocycles. The highest BCUT2D eigenvalue weighted by Crippen LogP contribution is 2.38. The van der Waals surface area contributed by atoms with Gasteiger partial charge in [-0.1, -0.05) is 0 Å². The van der Waals surface area contributed by atoms with Crippen LogP contribution in [-0.4, -0.2) is 40.1 Å². The average Bonchev–Trinajstić information content (AvgIpc) is 2.45. The van der Waals surface area contributed by atoms with Crippen LogP contribution in [0.25, 0.3) is 0 Å². The fourth-order valence-electron chi connectivity index (χ4n) is 1.56. The lowest BCUT2D eigenvalue weighted by Gasteiger charge is -2.13. The van der Waals surface area contributed by atoms with Gasteiger partial charge in [-0.3, -0.25) is 4.79 Å². The highest BCUT2D eigenvalue weighted by Gasteiger charge is 2.16. The molecule has 0 aliphatic rings. The molecule has 6 nitrogen and oxygen atoms in total. The molecule has 0 atom stereocenters. The summed E-state index contributed by atoms with van der Waals surface area (Å²) in [5.41, 5.74) is 0.375. The third-order valence-corrected chi connectivity index (χ3v) is 2.47. The fourth-order valence-corrected chi connectivity index (χ4v) is 1.56. The largest absolute Gasteiger partial charge is 0.493 e. The van der Waals surface area contributed by atoms with Crippen molar-refractivity contribution in [3.05, 3.63) is 17.7 Å². The predicted molar refractivity (Wildman–Crippen MR) is 69.1 cm³/mol. The van der Waals surface area contributed by atoms with Gasteiger partial charge >= 0.3 is 0 Å². The first kappa shape index (κ1) is 14.8. The van der Waals surface area contributed by atoms with Crippen LogP contribution in [0, 0.1) is 0 Å². The second-order valence-electron chi connectivity index (χ2n) is 3.63. The van der Waals surface area contributed by atoms with E-state index in [1.807, 2.05) is 0 Å². The Labute approximate surface area is 111 Å². The molecular weight excluding hydrogens is 250 g/mol. The Morgan fingerprint density at radius 2 is 1.74 bits per heavy atom. The van der Waals surface area contributed by atoms with Crippen LogP contribution in [0.5, 0.6) is 17.2 Å². The van der Waals surface area contributed by atoms with Gasteiger partial charge in [0.25, 0.3) is 5.91 Å². The van der Waals surface area contributed by atoms with E-state index in [4.69, 9.17) is 14.2 Å². The zero-order chi connectivity index (χ0) is 14.3. The second kappa shape index (κ2) is 7.25. The summed E-state index contributed by atoms with van der Waals surface area (Å²) in [5.74, 6) is 0.931. The summed E-state index contributed by atoms with van der Waals surface area (Å²) >= 11 is 0. The van der Waals surface area contributed by atoms with Gasteiger partial charge in [-0.25, -0.2) is 0 Å². The van der Waals surface area contributed by atoms with Crippen molar-refractivity contribution in [2.24, 2.45) is 0 Å². The van der Waals surface area contributed by atoms with Crippen LogP contribution in [0.1, 0.15) is 16.8 Å². The molecule has 0 spiro atoms. The smallest absolute Gasteiger partial charge is 0.251 e. The molecule has 19 heavy (non-hydrogen) atoms. The number of carbonyl (C=O) groups is 2. The van der Waals surface area contributed by atoms with E-state index in [1.54, 1.807) is 12.1 Å². The van der Waals surface area contributed by atoms with E-state index in [-0.39, 0.29) is 12.3 Å². The first-order valence-corrected chi connectivity index (χ1v) is 5.69. The number of rotatable bonds is 7. The molecule has 0 aromatic heterocycles. The second-order valence-corrected chi connectivity index (χ2v) is 3.63. The highest BCUT2D eigenvalue weighted by molar-refractivity contribution is 5.95. The van der Waals surface area contributed by atoms with Gasteiger partial charge in [0.05, 0.1) is 21.3 Å². The lowest BCUT2D eigenvalue weighted by molar-refractivity contribution is -0.107. The third-order valence-electron chi connectivity index (χ3n) is 2.47. The molecule has 0 fully saturated rings. The maximum absolute atomic E-state index is 11.9. The Morgan fingerprint density at radius 3 is 2.16 bits per heavy atom. The SMILES string of the molecule is COc1cc(C(=O)NCCC=O)cc(OC)c1OC. The molecule has 1 aromatic rings. The molecular formula is C13H17NO5. The first-order valence-electron chi connectivity index (χ1n) is 5.69. The molecule has 0 radical (unpaired) electrons. The van der Waals surface area contributed by atoms with Crippen molar-refractivity contribution in [1.82, 2.24) is 5.32 Å². The third kappa shape index (κ3) is 3.61. The van der Waals surface area contributed by atoms with E-state index in [0.717, 1.165) is 6.29 Å². The summed E-state index contributed by atoms with van der Waals surface area (Å²) in [6.07, 6.45) is 1.02. The van der Waals surface area contributed by atoms with Crippen molar-refractivity contribution in [2.75, 3.05) is 27.9 Å². The maximum Gasteiger partial charge on any atom is 0.251 e. The standard InChI is InChI=1S/C13H17NO5/c1-17-10-7-9(13(16)14-5-4-6-15)8-11(18-2)12(10)19-3/h6-8H,4-5H2,1-3H3,(H,14,16). The number of hydrogen-bond acceptors (Lipinski definition) is 5. The summed E-state index contributed by atoms with van der Waals surface area (Å²) in [7, 11) is 4.45.